The van der Waals surface area contributed by atoms with Crippen LogP contribution in [0, 0.1) is 17.2 Å². The molecule has 1 aliphatic heterocycles. The summed E-state index contributed by atoms with van der Waals surface area (Å²) in [5, 5.41) is 13.5. The fourth-order valence-corrected chi connectivity index (χ4v) is 3.87. The summed E-state index contributed by atoms with van der Waals surface area (Å²) in [7, 11) is 0. The van der Waals surface area contributed by atoms with Crippen molar-refractivity contribution in [3.63, 3.8) is 0 Å². The summed E-state index contributed by atoms with van der Waals surface area (Å²) in [6, 6.07) is 13.7. The second kappa shape index (κ2) is 8.19. The molecule has 8 heteroatoms. The predicted molar refractivity (Wildman–Crippen MR) is 120 cm³/mol. The van der Waals surface area contributed by atoms with Gasteiger partial charge in [0, 0.05) is 17.5 Å². The van der Waals surface area contributed by atoms with Crippen molar-refractivity contribution in [2.24, 2.45) is 5.92 Å². The number of aromatic nitrogens is 4. The molecule has 1 aromatic carbocycles. The van der Waals surface area contributed by atoms with Crippen molar-refractivity contribution in [3.05, 3.63) is 60.2 Å². The molecule has 0 radical (unpaired) electrons. The van der Waals surface area contributed by atoms with Crippen LogP contribution < -0.4 is 14.8 Å². The van der Waals surface area contributed by atoms with E-state index in [9.17, 15) is 0 Å². The molecule has 3 aromatic heterocycles. The molecule has 1 aliphatic rings. The quantitative estimate of drug-likeness (QED) is 0.484. The molecule has 0 unspecified atom stereocenters. The summed E-state index contributed by atoms with van der Waals surface area (Å²) in [5.41, 5.74) is 3.95. The summed E-state index contributed by atoms with van der Waals surface area (Å²) in [6.45, 7) is 5.45. The van der Waals surface area contributed by atoms with Crippen molar-refractivity contribution >= 4 is 16.9 Å². The zero-order valence-corrected chi connectivity index (χ0v) is 17.8. The number of nitriles is 1. The van der Waals surface area contributed by atoms with E-state index in [1.54, 1.807) is 18.6 Å². The number of hydrogen-bond acceptors (Lipinski definition) is 7. The Labute approximate surface area is 185 Å². The molecule has 0 amide bonds. The van der Waals surface area contributed by atoms with E-state index in [0.29, 0.717) is 24.8 Å². The van der Waals surface area contributed by atoms with Crippen LogP contribution in [-0.2, 0) is 0 Å². The molecule has 0 spiro atoms. The van der Waals surface area contributed by atoms with Gasteiger partial charge in [0.15, 0.2) is 11.5 Å². The Bertz CT molecular complexity index is 1310. The van der Waals surface area contributed by atoms with E-state index in [1.807, 2.05) is 30.3 Å². The van der Waals surface area contributed by atoms with E-state index in [-0.39, 0.29) is 6.04 Å². The highest BCUT2D eigenvalue weighted by Crippen LogP contribution is 2.36. The molecule has 4 heterocycles. The molecule has 8 nitrogen and oxygen atoms in total. The van der Waals surface area contributed by atoms with E-state index in [0.717, 1.165) is 45.2 Å². The number of H-pyrrole nitrogens is 1. The lowest BCUT2D eigenvalue weighted by Gasteiger charge is -2.26. The first-order chi connectivity index (χ1) is 15.6. The highest BCUT2D eigenvalue weighted by molar-refractivity contribution is 5.91. The van der Waals surface area contributed by atoms with E-state index in [2.05, 4.69) is 45.2 Å². The monoisotopic (exact) mass is 426 g/mol. The number of ether oxygens (including phenoxy) is 2. The second-order valence-electron chi connectivity index (χ2n) is 7.98. The maximum Gasteiger partial charge on any atom is 0.161 e. The summed E-state index contributed by atoms with van der Waals surface area (Å²) < 4.78 is 11.4. The van der Waals surface area contributed by atoms with Gasteiger partial charge in [-0.2, -0.15) is 5.26 Å². The third kappa shape index (κ3) is 3.69. The Morgan fingerprint density at radius 1 is 1.03 bits per heavy atom. The Morgan fingerprint density at radius 2 is 1.88 bits per heavy atom. The smallest absolute Gasteiger partial charge is 0.161 e. The van der Waals surface area contributed by atoms with Crippen LogP contribution in [0.15, 0.2) is 48.9 Å². The molecule has 0 bridgehead atoms. The van der Waals surface area contributed by atoms with Crippen LogP contribution in [-0.4, -0.2) is 33.1 Å². The SMILES string of the molecule is CC(C)[C@@H](Nc1ncnc2[nH]c(-c3ccc(C#N)nc3)cc12)c1ccc2c(c1)OCCO2. The number of hydrogen-bond donors (Lipinski definition) is 2. The molecule has 32 heavy (non-hydrogen) atoms. The average molecular weight is 426 g/mol. The average Bonchev–Trinajstić information content (AvgIpc) is 3.27. The predicted octanol–water partition coefficient (Wildman–Crippen LogP) is 4.47. The van der Waals surface area contributed by atoms with E-state index < -0.39 is 0 Å². The Kier molecular flexibility index (Phi) is 5.07. The van der Waals surface area contributed by atoms with Crippen LogP contribution in [0.1, 0.15) is 31.1 Å². The third-order valence-corrected chi connectivity index (χ3v) is 5.50. The van der Waals surface area contributed by atoms with Gasteiger partial charge in [-0.15, -0.1) is 0 Å². The van der Waals surface area contributed by atoms with Crippen LogP contribution in [0.2, 0.25) is 0 Å². The van der Waals surface area contributed by atoms with Crippen molar-refractivity contribution in [1.29, 1.82) is 5.26 Å². The minimum absolute atomic E-state index is 0.0128. The third-order valence-electron chi connectivity index (χ3n) is 5.50. The van der Waals surface area contributed by atoms with Gasteiger partial charge in [-0.05, 0) is 41.8 Å². The largest absolute Gasteiger partial charge is 0.486 e. The van der Waals surface area contributed by atoms with Gasteiger partial charge < -0.3 is 19.8 Å². The normalized spacial score (nSPS) is 13.7. The number of nitrogens with one attached hydrogen (secondary N) is 2. The lowest BCUT2D eigenvalue weighted by molar-refractivity contribution is 0.171. The van der Waals surface area contributed by atoms with E-state index in [4.69, 9.17) is 14.7 Å². The molecule has 5 rings (SSSR count). The zero-order valence-electron chi connectivity index (χ0n) is 17.8. The number of aromatic amines is 1. The topological polar surface area (TPSA) is 109 Å². The molecule has 0 saturated carbocycles. The standard InChI is InChI=1S/C24H22N6O2/c1-14(2)22(15-4-6-20-21(9-15)32-8-7-31-20)30-24-18-10-19(29-23(18)27-13-28-24)16-3-5-17(11-25)26-12-16/h3-6,9-10,12-14,22H,7-8H2,1-2H3,(H2,27,28,29,30)/t22-/m1/s1. The van der Waals surface area contributed by atoms with Crippen LogP contribution >= 0.6 is 0 Å². The molecule has 160 valence electrons. The Hall–Kier alpha value is -4.12. The van der Waals surface area contributed by atoms with Crippen molar-refractivity contribution in [2.75, 3.05) is 18.5 Å². The number of anilines is 1. The molecule has 4 aromatic rings. The lowest BCUT2D eigenvalue weighted by Crippen LogP contribution is -2.19. The first kappa shape index (κ1) is 19.8. The van der Waals surface area contributed by atoms with Crippen LogP contribution in [0.3, 0.4) is 0 Å². The van der Waals surface area contributed by atoms with Gasteiger partial charge in [-0.1, -0.05) is 19.9 Å². The van der Waals surface area contributed by atoms with Crippen molar-refractivity contribution in [2.45, 2.75) is 19.9 Å². The van der Waals surface area contributed by atoms with Crippen molar-refractivity contribution < 1.29 is 9.47 Å². The molecular weight excluding hydrogens is 404 g/mol. The second-order valence-corrected chi connectivity index (χ2v) is 7.98. The lowest BCUT2D eigenvalue weighted by atomic mass is 9.95. The summed E-state index contributed by atoms with van der Waals surface area (Å²) in [6.07, 6.45) is 3.22. The van der Waals surface area contributed by atoms with Gasteiger partial charge >= 0.3 is 0 Å². The first-order valence-corrected chi connectivity index (χ1v) is 10.5. The number of rotatable bonds is 5. The van der Waals surface area contributed by atoms with Gasteiger partial charge in [0.2, 0.25) is 0 Å². The van der Waals surface area contributed by atoms with Crippen molar-refractivity contribution in [1.82, 2.24) is 19.9 Å². The Morgan fingerprint density at radius 3 is 2.62 bits per heavy atom. The van der Waals surface area contributed by atoms with E-state index >= 15 is 0 Å². The Balaban J connectivity index is 1.49. The van der Waals surface area contributed by atoms with Crippen LogP contribution in [0.4, 0.5) is 5.82 Å². The van der Waals surface area contributed by atoms with Gasteiger partial charge in [-0.3, -0.25) is 0 Å². The molecule has 2 N–H and O–H groups in total. The van der Waals surface area contributed by atoms with Gasteiger partial charge in [0.25, 0.3) is 0 Å². The zero-order chi connectivity index (χ0) is 22.1. The molecule has 0 fully saturated rings. The molecule has 1 atom stereocenters. The highest BCUT2D eigenvalue weighted by atomic mass is 16.6. The van der Waals surface area contributed by atoms with Crippen LogP contribution in [0.25, 0.3) is 22.3 Å². The number of nitrogens with zero attached hydrogens (tertiary/aromatic N) is 4. The molecular formula is C24H22N6O2. The maximum absolute atomic E-state index is 8.98. The minimum atomic E-state index is 0.0128. The fraction of sp³-hybridized carbons (Fsp3) is 0.250. The van der Waals surface area contributed by atoms with E-state index in [1.165, 1.54) is 0 Å². The van der Waals surface area contributed by atoms with Crippen molar-refractivity contribution in [3.8, 4) is 28.8 Å². The summed E-state index contributed by atoms with van der Waals surface area (Å²) >= 11 is 0. The molecule has 0 aliphatic carbocycles. The van der Waals surface area contributed by atoms with Gasteiger partial charge in [-0.25, -0.2) is 15.0 Å². The first-order valence-electron chi connectivity index (χ1n) is 10.5. The molecule has 0 saturated heterocycles. The number of benzene rings is 1. The highest BCUT2D eigenvalue weighted by Gasteiger charge is 2.21. The minimum Gasteiger partial charge on any atom is -0.486 e. The van der Waals surface area contributed by atoms with Gasteiger partial charge in [0.05, 0.1) is 11.4 Å². The van der Waals surface area contributed by atoms with Gasteiger partial charge in [0.1, 0.15) is 42.8 Å². The van der Waals surface area contributed by atoms with Crippen LogP contribution in [0.5, 0.6) is 11.5 Å². The summed E-state index contributed by atoms with van der Waals surface area (Å²) in [5.74, 6) is 2.58. The number of fused-ring (bicyclic) bond motifs is 2. The fourth-order valence-electron chi connectivity index (χ4n) is 3.87. The summed E-state index contributed by atoms with van der Waals surface area (Å²) in [4.78, 5) is 16.4. The number of pyridine rings is 1. The maximum atomic E-state index is 8.98.